The SMILES string of the molecule is CCOc1cc(Cc2noc(CCc3cncc(C)c3)n2)ccc1OC(F)F. The van der Waals surface area contributed by atoms with Gasteiger partial charge in [0, 0.05) is 25.2 Å². The van der Waals surface area contributed by atoms with E-state index in [1.165, 1.54) is 6.07 Å². The Bertz CT molecular complexity index is 915. The quantitative estimate of drug-likeness (QED) is 0.548. The molecule has 0 aliphatic carbocycles. The number of aryl methyl sites for hydroxylation is 3. The number of benzene rings is 1. The van der Waals surface area contributed by atoms with Crippen molar-refractivity contribution in [2.45, 2.75) is 39.7 Å². The minimum Gasteiger partial charge on any atom is -0.490 e. The molecular weight excluding hydrogens is 368 g/mol. The van der Waals surface area contributed by atoms with Crippen LogP contribution in [-0.4, -0.2) is 28.3 Å². The normalized spacial score (nSPS) is 11.0. The Morgan fingerprint density at radius 1 is 1.07 bits per heavy atom. The van der Waals surface area contributed by atoms with Crippen LogP contribution >= 0.6 is 0 Å². The predicted octanol–water partition coefficient (Wildman–Crippen LogP) is 4.15. The van der Waals surface area contributed by atoms with Crippen molar-refractivity contribution in [2.24, 2.45) is 0 Å². The van der Waals surface area contributed by atoms with Crippen molar-refractivity contribution in [3.8, 4) is 11.5 Å². The molecule has 0 saturated carbocycles. The summed E-state index contributed by atoms with van der Waals surface area (Å²) in [6, 6.07) is 6.85. The van der Waals surface area contributed by atoms with Gasteiger partial charge in [-0.3, -0.25) is 4.98 Å². The maximum absolute atomic E-state index is 12.5. The Morgan fingerprint density at radius 2 is 1.93 bits per heavy atom. The second-order valence-corrected chi connectivity index (χ2v) is 6.24. The largest absolute Gasteiger partial charge is 0.490 e. The van der Waals surface area contributed by atoms with Crippen molar-refractivity contribution < 1.29 is 22.8 Å². The third-order valence-electron chi connectivity index (χ3n) is 3.96. The van der Waals surface area contributed by atoms with E-state index >= 15 is 0 Å². The first-order valence-corrected chi connectivity index (χ1v) is 8.96. The number of ether oxygens (including phenoxy) is 2. The van der Waals surface area contributed by atoms with Crippen LogP contribution in [-0.2, 0) is 19.3 Å². The van der Waals surface area contributed by atoms with Gasteiger partial charge >= 0.3 is 6.61 Å². The number of alkyl halides is 2. The van der Waals surface area contributed by atoms with Gasteiger partial charge in [-0.2, -0.15) is 13.8 Å². The van der Waals surface area contributed by atoms with Crippen LogP contribution in [0.3, 0.4) is 0 Å². The molecule has 28 heavy (non-hydrogen) atoms. The Morgan fingerprint density at radius 3 is 2.68 bits per heavy atom. The van der Waals surface area contributed by atoms with E-state index in [-0.39, 0.29) is 11.5 Å². The summed E-state index contributed by atoms with van der Waals surface area (Å²) >= 11 is 0. The minimum absolute atomic E-state index is 0.00108. The first-order chi connectivity index (χ1) is 13.5. The molecule has 3 aromatic rings. The van der Waals surface area contributed by atoms with E-state index in [4.69, 9.17) is 9.26 Å². The van der Waals surface area contributed by atoms with Crippen molar-refractivity contribution in [3.63, 3.8) is 0 Å². The van der Waals surface area contributed by atoms with E-state index in [2.05, 4.69) is 25.9 Å². The van der Waals surface area contributed by atoms with E-state index in [1.807, 2.05) is 19.3 Å². The standard InChI is InChI=1S/C20H21F2N3O3/c1-3-26-17-9-14(4-6-16(17)27-20(21)22)10-18-24-19(28-25-18)7-5-15-8-13(2)11-23-12-15/h4,6,8-9,11-12,20H,3,5,7,10H2,1-2H3. The first kappa shape index (κ1) is 19.7. The van der Waals surface area contributed by atoms with Gasteiger partial charge in [0.1, 0.15) is 0 Å². The highest BCUT2D eigenvalue weighted by molar-refractivity contribution is 5.43. The molecule has 1 aromatic carbocycles. The summed E-state index contributed by atoms with van der Waals surface area (Å²) in [5.74, 6) is 1.32. The first-order valence-electron chi connectivity index (χ1n) is 8.96. The highest BCUT2D eigenvalue weighted by Crippen LogP contribution is 2.30. The molecule has 0 saturated heterocycles. The highest BCUT2D eigenvalue weighted by Gasteiger charge is 2.13. The van der Waals surface area contributed by atoms with Gasteiger partial charge in [-0.1, -0.05) is 17.3 Å². The van der Waals surface area contributed by atoms with Crippen LogP contribution < -0.4 is 9.47 Å². The molecule has 3 rings (SSSR count). The summed E-state index contributed by atoms with van der Waals surface area (Å²) in [6.07, 6.45) is 5.39. The number of nitrogens with zero attached hydrogens (tertiary/aromatic N) is 3. The number of aromatic nitrogens is 3. The minimum atomic E-state index is -2.91. The van der Waals surface area contributed by atoms with Crippen LogP contribution in [0, 0.1) is 6.92 Å². The van der Waals surface area contributed by atoms with E-state index in [0.717, 1.165) is 23.1 Å². The molecule has 0 radical (unpaired) electrons. The number of halogens is 2. The maximum Gasteiger partial charge on any atom is 0.387 e. The van der Waals surface area contributed by atoms with Gasteiger partial charge in [0.15, 0.2) is 17.3 Å². The molecule has 0 spiro atoms. The van der Waals surface area contributed by atoms with Gasteiger partial charge in [-0.05, 0) is 49.1 Å². The van der Waals surface area contributed by atoms with Gasteiger partial charge in [0.25, 0.3) is 0 Å². The smallest absolute Gasteiger partial charge is 0.387 e. The molecule has 0 N–H and O–H groups in total. The Labute approximate surface area is 161 Å². The highest BCUT2D eigenvalue weighted by atomic mass is 19.3. The second kappa shape index (κ2) is 9.25. The molecule has 0 atom stereocenters. The van der Waals surface area contributed by atoms with Crippen LogP contribution in [0.1, 0.15) is 35.3 Å². The van der Waals surface area contributed by atoms with Crippen LogP contribution in [0.15, 0.2) is 41.2 Å². The van der Waals surface area contributed by atoms with Crippen molar-refractivity contribution in [3.05, 3.63) is 65.1 Å². The lowest BCUT2D eigenvalue weighted by Crippen LogP contribution is -2.05. The summed E-state index contributed by atoms with van der Waals surface area (Å²) in [4.78, 5) is 8.57. The summed E-state index contributed by atoms with van der Waals surface area (Å²) in [5.41, 5.74) is 3.02. The number of pyridine rings is 1. The average molecular weight is 389 g/mol. The molecule has 0 aliphatic heterocycles. The molecule has 0 fully saturated rings. The zero-order valence-corrected chi connectivity index (χ0v) is 15.7. The van der Waals surface area contributed by atoms with Gasteiger partial charge in [0.05, 0.1) is 6.61 Å². The molecule has 0 aliphatic rings. The molecular formula is C20H21F2N3O3. The molecule has 0 amide bonds. The van der Waals surface area contributed by atoms with E-state index in [9.17, 15) is 8.78 Å². The summed E-state index contributed by atoms with van der Waals surface area (Å²) < 4.78 is 40.2. The fraction of sp³-hybridized carbons (Fsp3) is 0.350. The Hall–Kier alpha value is -3.03. The van der Waals surface area contributed by atoms with E-state index in [0.29, 0.717) is 31.2 Å². The Balaban J connectivity index is 1.64. The molecule has 6 nitrogen and oxygen atoms in total. The molecule has 148 valence electrons. The lowest BCUT2D eigenvalue weighted by atomic mass is 10.1. The van der Waals surface area contributed by atoms with Crippen molar-refractivity contribution in [1.29, 1.82) is 0 Å². The molecule has 0 unspecified atom stereocenters. The summed E-state index contributed by atoms with van der Waals surface area (Å²) in [6.45, 7) is 1.20. The van der Waals surface area contributed by atoms with Crippen molar-refractivity contribution >= 4 is 0 Å². The topological polar surface area (TPSA) is 70.3 Å². The number of hydrogen-bond donors (Lipinski definition) is 0. The maximum atomic E-state index is 12.5. The molecule has 2 heterocycles. The van der Waals surface area contributed by atoms with E-state index in [1.54, 1.807) is 19.1 Å². The average Bonchev–Trinajstić information content (AvgIpc) is 3.09. The summed E-state index contributed by atoms with van der Waals surface area (Å²) in [7, 11) is 0. The Kier molecular flexibility index (Phi) is 6.52. The van der Waals surface area contributed by atoms with Crippen molar-refractivity contribution in [1.82, 2.24) is 15.1 Å². The molecule has 2 aromatic heterocycles. The van der Waals surface area contributed by atoms with Crippen molar-refractivity contribution in [2.75, 3.05) is 6.61 Å². The molecule has 8 heteroatoms. The van der Waals surface area contributed by atoms with Gasteiger partial charge in [-0.25, -0.2) is 0 Å². The molecule has 0 bridgehead atoms. The third kappa shape index (κ3) is 5.48. The van der Waals surface area contributed by atoms with Crippen LogP contribution in [0.2, 0.25) is 0 Å². The number of rotatable bonds is 9. The second-order valence-electron chi connectivity index (χ2n) is 6.24. The number of hydrogen-bond acceptors (Lipinski definition) is 6. The lowest BCUT2D eigenvalue weighted by Gasteiger charge is -2.12. The zero-order chi connectivity index (χ0) is 19.9. The van der Waals surface area contributed by atoms with Gasteiger partial charge in [0.2, 0.25) is 5.89 Å². The predicted molar refractivity (Wildman–Crippen MR) is 97.7 cm³/mol. The van der Waals surface area contributed by atoms with Crippen LogP contribution in [0.4, 0.5) is 8.78 Å². The third-order valence-corrected chi connectivity index (χ3v) is 3.96. The van der Waals surface area contributed by atoms with Gasteiger partial charge < -0.3 is 14.0 Å². The fourth-order valence-electron chi connectivity index (χ4n) is 2.78. The fourth-order valence-corrected chi connectivity index (χ4v) is 2.78. The monoisotopic (exact) mass is 389 g/mol. The summed E-state index contributed by atoms with van der Waals surface area (Å²) in [5, 5.41) is 3.99. The lowest BCUT2D eigenvalue weighted by molar-refractivity contribution is -0.0514. The van der Waals surface area contributed by atoms with Crippen LogP contribution in [0.25, 0.3) is 0 Å². The van der Waals surface area contributed by atoms with Crippen LogP contribution in [0.5, 0.6) is 11.5 Å². The van der Waals surface area contributed by atoms with Gasteiger partial charge in [-0.15, -0.1) is 0 Å². The zero-order valence-electron chi connectivity index (χ0n) is 15.7. The van der Waals surface area contributed by atoms with E-state index < -0.39 is 6.61 Å².